The number of carbonyl (C=O) groups excluding carboxylic acids is 2. The summed E-state index contributed by atoms with van der Waals surface area (Å²) in [5.74, 6) is 0.104. The SMILES string of the molecule is COCCNC(=O)c1ccc(NC(=O)COc2cc(C)c(Cl)c(C)c2)cc1. The summed E-state index contributed by atoms with van der Waals surface area (Å²) in [7, 11) is 1.57. The lowest BCUT2D eigenvalue weighted by atomic mass is 10.1. The Morgan fingerprint density at radius 1 is 1.07 bits per heavy atom. The summed E-state index contributed by atoms with van der Waals surface area (Å²) < 4.78 is 10.4. The normalized spacial score (nSPS) is 10.4. The Balaban J connectivity index is 1.86. The molecule has 0 aliphatic carbocycles. The van der Waals surface area contributed by atoms with Crippen LogP contribution in [0.25, 0.3) is 0 Å². The molecule has 0 bridgehead atoms. The number of aryl methyl sites for hydroxylation is 2. The summed E-state index contributed by atoms with van der Waals surface area (Å²) >= 11 is 6.12. The second-order valence-corrected chi connectivity index (χ2v) is 6.41. The Bertz CT molecular complexity index is 783. The molecule has 0 heterocycles. The molecule has 0 saturated carbocycles. The van der Waals surface area contributed by atoms with Crippen molar-refractivity contribution in [3.63, 3.8) is 0 Å². The minimum atomic E-state index is -0.294. The Morgan fingerprint density at radius 2 is 1.70 bits per heavy atom. The maximum Gasteiger partial charge on any atom is 0.262 e. The predicted octanol–water partition coefficient (Wildman–Crippen LogP) is 3.35. The van der Waals surface area contributed by atoms with E-state index < -0.39 is 0 Å². The highest BCUT2D eigenvalue weighted by Gasteiger charge is 2.08. The zero-order valence-corrected chi connectivity index (χ0v) is 16.4. The maximum absolute atomic E-state index is 12.1. The summed E-state index contributed by atoms with van der Waals surface area (Å²) in [5, 5.41) is 6.15. The zero-order valence-electron chi connectivity index (χ0n) is 15.6. The van der Waals surface area contributed by atoms with E-state index in [0.717, 1.165) is 11.1 Å². The molecule has 2 N–H and O–H groups in total. The van der Waals surface area contributed by atoms with E-state index in [1.165, 1.54) is 0 Å². The highest BCUT2D eigenvalue weighted by molar-refractivity contribution is 6.32. The zero-order chi connectivity index (χ0) is 19.8. The van der Waals surface area contributed by atoms with Crippen molar-refractivity contribution in [3.8, 4) is 5.75 Å². The maximum atomic E-state index is 12.1. The van der Waals surface area contributed by atoms with Gasteiger partial charge in [-0.1, -0.05) is 11.6 Å². The monoisotopic (exact) mass is 390 g/mol. The van der Waals surface area contributed by atoms with E-state index in [0.29, 0.717) is 35.2 Å². The van der Waals surface area contributed by atoms with Crippen LogP contribution in [0.4, 0.5) is 5.69 Å². The van der Waals surface area contributed by atoms with Crippen LogP contribution in [0.15, 0.2) is 36.4 Å². The number of hydrogen-bond donors (Lipinski definition) is 2. The van der Waals surface area contributed by atoms with E-state index in [-0.39, 0.29) is 18.4 Å². The topological polar surface area (TPSA) is 76.7 Å². The highest BCUT2D eigenvalue weighted by atomic mass is 35.5. The fraction of sp³-hybridized carbons (Fsp3) is 0.300. The van der Waals surface area contributed by atoms with Gasteiger partial charge in [-0.25, -0.2) is 0 Å². The van der Waals surface area contributed by atoms with Gasteiger partial charge >= 0.3 is 0 Å². The second kappa shape index (κ2) is 9.94. The Kier molecular flexibility index (Phi) is 7.64. The van der Waals surface area contributed by atoms with Crippen molar-refractivity contribution in [1.82, 2.24) is 5.32 Å². The van der Waals surface area contributed by atoms with Crippen LogP contribution in [0, 0.1) is 13.8 Å². The summed E-state index contributed by atoms with van der Waals surface area (Å²) in [5.41, 5.74) is 2.88. The number of hydrogen-bond acceptors (Lipinski definition) is 4. The largest absolute Gasteiger partial charge is 0.484 e. The van der Waals surface area contributed by atoms with Crippen molar-refractivity contribution in [2.45, 2.75) is 13.8 Å². The molecule has 2 rings (SSSR count). The van der Waals surface area contributed by atoms with Crippen LogP contribution in [0.3, 0.4) is 0 Å². The van der Waals surface area contributed by atoms with Gasteiger partial charge in [0.2, 0.25) is 0 Å². The van der Waals surface area contributed by atoms with Crippen molar-refractivity contribution in [3.05, 3.63) is 58.1 Å². The third kappa shape index (κ3) is 6.27. The summed E-state index contributed by atoms with van der Waals surface area (Å²) in [6.45, 7) is 4.53. The average molecular weight is 391 g/mol. The standard InChI is InChI=1S/C20H23ClN2O4/c1-13-10-17(11-14(2)19(13)21)27-12-18(24)23-16-6-4-15(5-7-16)20(25)22-8-9-26-3/h4-7,10-11H,8-9,12H2,1-3H3,(H,22,25)(H,23,24). The number of methoxy groups -OCH3 is 1. The number of amides is 2. The van der Waals surface area contributed by atoms with Gasteiger partial charge in [-0.15, -0.1) is 0 Å². The molecule has 0 spiro atoms. The first-order chi connectivity index (χ1) is 12.9. The Morgan fingerprint density at radius 3 is 2.30 bits per heavy atom. The van der Waals surface area contributed by atoms with Gasteiger partial charge in [-0.05, 0) is 61.4 Å². The summed E-state index contributed by atoms with van der Waals surface area (Å²) in [6, 6.07) is 10.2. The van der Waals surface area contributed by atoms with Crippen LogP contribution < -0.4 is 15.4 Å². The van der Waals surface area contributed by atoms with Crippen LogP contribution in [0.2, 0.25) is 5.02 Å². The molecular formula is C20H23ClN2O4. The Labute approximate surface area is 163 Å². The van der Waals surface area contributed by atoms with E-state index in [9.17, 15) is 9.59 Å². The molecule has 6 nitrogen and oxygen atoms in total. The average Bonchev–Trinajstić information content (AvgIpc) is 2.65. The lowest BCUT2D eigenvalue weighted by Crippen LogP contribution is -2.26. The lowest BCUT2D eigenvalue weighted by Gasteiger charge is -2.11. The fourth-order valence-corrected chi connectivity index (χ4v) is 2.52. The number of carbonyl (C=O) groups is 2. The van der Waals surface area contributed by atoms with Crippen molar-refractivity contribution in [2.24, 2.45) is 0 Å². The van der Waals surface area contributed by atoms with Crippen molar-refractivity contribution in [2.75, 3.05) is 32.2 Å². The van der Waals surface area contributed by atoms with Gasteiger partial charge < -0.3 is 20.1 Å². The number of rotatable bonds is 8. The summed E-state index contributed by atoms with van der Waals surface area (Å²) in [4.78, 5) is 24.0. The number of ether oxygens (including phenoxy) is 2. The molecule has 0 aliphatic heterocycles. The third-order valence-electron chi connectivity index (χ3n) is 3.80. The van der Waals surface area contributed by atoms with E-state index in [2.05, 4.69) is 10.6 Å². The third-order valence-corrected chi connectivity index (χ3v) is 4.40. The molecule has 0 fully saturated rings. The van der Waals surface area contributed by atoms with Gasteiger partial charge in [0.1, 0.15) is 5.75 Å². The van der Waals surface area contributed by atoms with E-state index in [1.54, 1.807) is 43.5 Å². The fourth-order valence-electron chi connectivity index (χ4n) is 2.41. The molecule has 0 saturated heterocycles. The minimum Gasteiger partial charge on any atom is -0.484 e. The van der Waals surface area contributed by atoms with Crippen LogP contribution in [0.1, 0.15) is 21.5 Å². The quantitative estimate of drug-likeness (QED) is 0.678. The number of benzene rings is 2. The molecule has 0 aromatic heterocycles. The molecule has 27 heavy (non-hydrogen) atoms. The number of nitrogens with one attached hydrogen (secondary N) is 2. The van der Waals surface area contributed by atoms with Gasteiger partial charge in [0.25, 0.3) is 11.8 Å². The van der Waals surface area contributed by atoms with E-state index in [4.69, 9.17) is 21.1 Å². The predicted molar refractivity (Wildman–Crippen MR) is 106 cm³/mol. The van der Waals surface area contributed by atoms with E-state index in [1.807, 2.05) is 13.8 Å². The molecule has 2 aromatic carbocycles. The molecule has 2 aromatic rings. The second-order valence-electron chi connectivity index (χ2n) is 6.03. The molecule has 0 unspecified atom stereocenters. The molecule has 0 atom stereocenters. The van der Waals surface area contributed by atoms with Crippen molar-refractivity contribution >= 4 is 29.1 Å². The first kappa shape index (κ1) is 20.7. The van der Waals surface area contributed by atoms with Gasteiger partial charge in [0.15, 0.2) is 6.61 Å². The highest BCUT2D eigenvalue weighted by Crippen LogP contribution is 2.25. The van der Waals surface area contributed by atoms with Crippen LogP contribution in [-0.4, -0.2) is 38.7 Å². The first-order valence-corrected chi connectivity index (χ1v) is 8.85. The molecule has 144 valence electrons. The molecule has 2 amide bonds. The molecule has 0 aliphatic rings. The minimum absolute atomic E-state index is 0.125. The molecular weight excluding hydrogens is 368 g/mol. The smallest absolute Gasteiger partial charge is 0.262 e. The van der Waals surface area contributed by atoms with E-state index >= 15 is 0 Å². The van der Waals surface area contributed by atoms with Gasteiger partial charge in [0.05, 0.1) is 6.61 Å². The number of halogens is 1. The lowest BCUT2D eigenvalue weighted by molar-refractivity contribution is -0.118. The van der Waals surface area contributed by atoms with Crippen LogP contribution in [-0.2, 0) is 9.53 Å². The number of anilines is 1. The van der Waals surface area contributed by atoms with Crippen molar-refractivity contribution < 1.29 is 19.1 Å². The van der Waals surface area contributed by atoms with Crippen LogP contribution in [0.5, 0.6) is 5.75 Å². The van der Waals surface area contributed by atoms with Gasteiger partial charge in [-0.3, -0.25) is 9.59 Å². The van der Waals surface area contributed by atoms with Crippen molar-refractivity contribution in [1.29, 1.82) is 0 Å². The Hall–Kier alpha value is -2.57. The van der Waals surface area contributed by atoms with Gasteiger partial charge in [0, 0.05) is 29.9 Å². The van der Waals surface area contributed by atoms with Gasteiger partial charge in [-0.2, -0.15) is 0 Å². The van der Waals surface area contributed by atoms with Crippen LogP contribution >= 0.6 is 11.6 Å². The first-order valence-electron chi connectivity index (χ1n) is 8.47. The molecule has 0 radical (unpaired) electrons. The summed E-state index contributed by atoms with van der Waals surface area (Å²) in [6.07, 6.45) is 0. The molecule has 7 heteroatoms.